The van der Waals surface area contributed by atoms with Gasteiger partial charge in [0, 0.05) is 33.2 Å². The van der Waals surface area contributed by atoms with Crippen molar-refractivity contribution >= 4 is 57.5 Å². The summed E-state index contributed by atoms with van der Waals surface area (Å²) < 4.78 is 0. The van der Waals surface area contributed by atoms with Crippen LogP contribution in [0.4, 0.5) is 0 Å². The predicted molar refractivity (Wildman–Crippen MR) is 202 cm³/mol. The predicted octanol–water partition coefficient (Wildman–Crippen LogP) is 11.0. The van der Waals surface area contributed by atoms with E-state index >= 15 is 0 Å². The van der Waals surface area contributed by atoms with Gasteiger partial charge in [0.2, 0.25) is 0 Å². The molecule has 0 aliphatic carbocycles. The first-order chi connectivity index (χ1) is 23.5. The third kappa shape index (κ3) is 5.18. The number of nitrogens with zero attached hydrogens (tertiary/aromatic N) is 3. The Bertz CT molecular complexity index is 2420. The van der Waals surface area contributed by atoms with Gasteiger partial charge in [-0.1, -0.05) is 74.5 Å². The Morgan fingerprint density at radius 3 is 1.65 bits per heavy atom. The quantitative estimate of drug-likeness (QED) is 0.205. The monoisotopic (exact) mass is 623 g/mol. The van der Waals surface area contributed by atoms with E-state index in [2.05, 4.69) is 147 Å². The van der Waals surface area contributed by atoms with Crippen molar-refractivity contribution in [2.45, 2.75) is 40.5 Å². The lowest BCUT2D eigenvalue weighted by Crippen LogP contribution is -1.87. The maximum Gasteiger partial charge on any atom is 0.0736 e. The van der Waals surface area contributed by atoms with Crippen molar-refractivity contribution in [2.24, 2.45) is 0 Å². The van der Waals surface area contributed by atoms with E-state index in [4.69, 9.17) is 15.0 Å². The minimum Gasteiger partial charge on any atom is -0.355 e. The van der Waals surface area contributed by atoms with E-state index < -0.39 is 0 Å². The molecule has 5 aromatic rings. The van der Waals surface area contributed by atoms with Gasteiger partial charge in [0.05, 0.1) is 34.2 Å². The van der Waals surface area contributed by atoms with E-state index in [0.717, 1.165) is 91.3 Å². The Kier molecular flexibility index (Phi) is 7.45. The van der Waals surface area contributed by atoms with Gasteiger partial charge in [0.15, 0.2) is 0 Å². The molecule has 3 aromatic heterocycles. The van der Waals surface area contributed by atoms with Crippen molar-refractivity contribution < 1.29 is 0 Å². The van der Waals surface area contributed by atoms with Gasteiger partial charge in [-0.15, -0.1) is 0 Å². The van der Waals surface area contributed by atoms with E-state index in [0.29, 0.717) is 0 Å². The lowest BCUT2D eigenvalue weighted by Gasteiger charge is -2.05. The van der Waals surface area contributed by atoms with Crippen LogP contribution in [0.25, 0.3) is 79.8 Å². The molecule has 8 rings (SSSR count). The third-order valence-corrected chi connectivity index (χ3v) is 9.59. The van der Waals surface area contributed by atoms with Crippen LogP contribution in [0.5, 0.6) is 0 Å². The number of rotatable bonds is 4. The highest BCUT2D eigenvalue weighted by Gasteiger charge is 2.18. The molecule has 0 saturated heterocycles. The van der Waals surface area contributed by atoms with Gasteiger partial charge in [-0.3, -0.25) is 0 Å². The molecule has 234 valence electrons. The van der Waals surface area contributed by atoms with E-state index in [1.54, 1.807) is 0 Å². The molecule has 0 fully saturated rings. The highest BCUT2D eigenvalue weighted by Crippen LogP contribution is 2.36. The smallest absolute Gasteiger partial charge is 0.0736 e. The Hall–Kier alpha value is -5.81. The molecule has 2 aromatic carbocycles. The van der Waals surface area contributed by atoms with Crippen LogP contribution in [-0.4, -0.2) is 24.9 Å². The summed E-state index contributed by atoms with van der Waals surface area (Å²) in [5.74, 6) is 0. The molecule has 5 heteroatoms. The number of aryl methyl sites for hydroxylation is 2. The van der Waals surface area contributed by atoms with Crippen molar-refractivity contribution in [1.82, 2.24) is 24.9 Å². The first-order valence-corrected chi connectivity index (χ1v) is 16.7. The molecular formula is C43H37N5. The number of benzene rings is 2. The van der Waals surface area contributed by atoms with Crippen LogP contribution in [0.15, 0.2) is 91.0 Å². The molecule has 10 bridgehead atoms. The van der Waals surface area contributed by atoms with Crippen LogP contribution in [0.1, 0.15) is 72.5 Å². The number of hydrogen-bond donors (Lipinski definition) is 2. The molecule has 6 heterocycles. The minimum absolute atomic E-state index is 0.893. The highest BCUT2D eigenvalue weighted by molar-refractivity contribution is 5.96. The molecule has 2 N–H and O–H groups in total. The molecule has 0 radical (unpaired) electrons. The Labute approximate surface area is 280 Å². The number of nitrogens with one attached hydrogen (secondary N) is 2. The minimum atomic E-state index is 0.893. The molecule has 0 atom stereocenters. The van der Waals surface area contributed by atoms with Gasteiger partial charge in [0.25, 0.3) is 0 Å². The molecule has 5 nitrogen and oxygen atoms in total. The normalized spacial score (nSPS) is 12.9. The zero-order chi connectivity index (χ0) is 32.8. The Balaban J connectivity index is 1.52. The maximum atomic E-state index is 5.19. The molecular weight excluding hydrogens is 587 g/mol. The van der Waals surface area contributed by atoms with E-state index in [1.807, 2.05) is 6.07 Å². The fourth-order valence-corrected chi connectivity index (χ4v) is 7.13. The van der Waals surface area contributed by atoms with Crippen LogP contribution >= 0.6 is 0 Å². The average Bonchev–Trinajstić information content (AvgIpc) is 3.94. The van der Waals surface area contributed by atoms with Crippen molar-refractivity contribution in [3.63, 3.8) is 0 Å². The Morgan fingerprint density at radius 2 is 1.08 bits per heavy atom. The Morgan fingerprint density at radius 1 is 0.521 bits per heavy atom. The molecule has 3 aliphatic heterocycles. The summed E-state index contributed by atoms with van der Waals surface area (Å²) in [4.78, 5) is 23.0. The number of H-pyrrole nitrogens is 2. The fourth-order valence-electron chi connectivity index (χ4n) is 7.13. The van der Waals surface area contributed by atoms with E-state index in [-0.39, 0.29) is 0 Å². The molecule has 48 heavy (non-hydrogen) atoms. The second-order valence-corrected chi connectivity index (χ2v) is 12.5. The number of allylic oxidation sites excluding steroid dienone is 2. The van der Waals surface area contributed by atoms with Crippen LogP contribution in [-0.2, 0) is 6.42 Å². The van der Waals surface area contributed by atoms with Crippen molar-refractivity contribution in [2.75, 3.05) is 0 Å². The average molecular weight is 624 g/mol. The van der Waals surface area contributed by atoms with Gasteiger partial charge in [0.1, 0.15) is 0 Å². The van der Waals surface area contributed by atoms with Gasteiger partial charge in [-0.05, 0) is 115 Å². The van der Waals surface area contributed by atoms with Gasteiger partial charge >= 0.3 is 0 Å². The van der Waals surface area contributed by atoms with Crippen LogP contribution in [0, 0.1) is 6.92 Å². The number of fused-ring (bicyclic) bond motifs is 10. The molecule has 0 amide bonds. The second-order valence-electron chi connectivity index (χ2n) is 12.5. The number of aromatic nitrogens is 5. The van der Waals surface area contributed by atoms with Crippen molar-refractivity contribution in [3.05, 3.63) is 136 Å². The maximum absolute atomic E-state index is 5.19. The van der Waals surface area contributed by atoms with Gasteiger partial charge in [-0.25, -0.2) is 15.0 Å². The lowest BCUT2D eigenvalue weighted by atomic mass is 10.0. The number of hydrogen-bond acceptors (Lipinski definition) is 3. The molecule has 0 unspecified atom stereocenters. The summed E-state index contributed by atoms with van der Waals surface area (Å²) in [6, 6.07) is 31.8. The molecule has 0 saturated carbocycles. The summed E-state index contributed by atoms with van der Waals surface area (Å²) in [7, 11) is 0. The zero-order valence-electron chi connectivity index (χ0n) is 27.7. The van der Waals surface area contributed by atoms with Gasteiger partial charge < -0.3 is 9.97 Å². The van der Waals surface area contributed by atoms with Crippen LogP contribution in [0.2, 0.25) is 0 Å². The summed E-state index contributed by atoms with van der Waals surface area (Å²) in [5.41, 5.74) is 19.1. The summed E-state index contributed by atoms with van der Waals surface area (Å²) >= 11 is 0. The van der Waals surface area contributed by atoms with E-state index in [9.17, 15) is 0 Å². The van der Waals surface area contributed by atoms with Crippen molar-refractivity contribution in [1.29, 1.82) is 0 Å². The fraction of sp³-hybridized carbons (Fsp3) is 0.140. The zero-order valence-corrected chi connectivity index (χ0v) is 27.7. The van der Waals surface area contributed by atoms with Crippen molar-refractivity contribution in [3.8, 4) is 22.3 Å². The van der Waals surface area contributed by atoms with E-state index in [1.165, 1.54) is 22.3 Å². The summed E-state index contributed by atoms with van der Waals surface area (Å²) in [6.45, 7) is 8.79. The van der Waals surface area contributed by atoms with Crippen LogP contribution < -0.4 is 0 Å². The largest absolute Gasteiger partial charge is 0.355 e. The lowest BCUT2D eigenvalue weighted by molar-refractivity contribution is 1.14. The summed E-state index contributed by atoms with van der Waals surface area (Å²) in [6.07, 6.45) is 10.3. The first-order valence-electron chi connectivity index (χ1n) is 16.7. The first kappa shape index (κ1) is 29.6. The standard InChI is InChI=1S/C43H37N5/c1-5-32-26(3)38-25-39-27(4)33(6-2)41(48-39)24-31-18-20-35(45-31)43(29-15-11-8-12-16-29)37-22-21-36(46-37)42(28-13-9-7-10-14-28)34-19-17-30(44-34)23-40(32)47-38/h7-25,46-47H,5-6H2,1-4H3. The molecule has 0 spiro atoms. The molecule has 3 aliphatic rings. The van der Waals surface area contributed by atoms with Crippen LogP contribution in [0.3, 0.4) is 0 Å². The highest BCUT2D eigenvalue weighted by atomic mass is 14.8. The third-order valence-electron chi connectivity index (χ3n) is 9.59. The number of aromatic amines is 2. The summed E-state index contributed by atoms with van der Waals surface area (Å²) in [5, 5.41) is 0. The van der Waals surface area contributed by atoms with Gasteiger partial charge in [-0.2, -0.15) is 0 Å². The topological polar surface area (TPSA) is 70.2 Å². The SMILES string of the molecule is CCC1=C(C)c2cc3[nH]c(cc4nc(c(-c5ccccc5)c5ccc([nH]5)c(-c5ccccc5)c5nc(cc1n2)C=C5)C=C4)c(CC)c3C. The second kappa shape index (κ2) is 12.1.